The van der Waals surface area contributed by atoms with Crippen LogP contribution < -0.4 is 0 Å². The molecule has 0 radical (unpaired) electrons. The molecule has 0 bridgehead atoms. The highest BCUT2D eigenvalue weighted by Gasteiger charge is 2.52. The molecule has 0 aliphatic heterocycles. The van der Waals surface area contributed by atoms with Gasteiger partial charge in [-0.1, -0.05) is 41.5 Å². The lowest BCUT2D eigenvalue weighted by molar-refractivity contribution is 0.259. The third-order valence-corrected chi connectivity index (χ3v) is 10.9. The van der Waals surface area contributed by atoms with E-state index < -0.39 is 8.56 Å². The van der Waals surface area contributed by atoms with Crippen LogP contribution in [0.1, 0.15) is 48.5 Å². The van der Waals surface area contributed by atoms with E-state index in [0.29, 0.717) is 0 Å². The van der Waals surface area contributed by atoms with Gasteiger partial charge in [-0.15, -0.1) is 11.6 Å². The number of hydrogen-bond acceptors (Lipinski definition) is 3. The van der Waals surface area contributed by atoms with E-state index in [0.717, 1.165) is 39.3 Å². The number of rotatable bonds is 10. The number of nitrogens with zero attached hydrogens (tertiary/aromatic N) is 3. The molecular formula is C14H34ClN3Si. The van der Waals surface area contributed by atoms with Gasteiger partial charge in [-0.25, -0.2) is 0 Å². The molecule has 0 saturated carbocycles. The summed E-state index contributed by atoms with van der Waals surface area (Å²) in [7, 11) is -2.00. The van der Waals surface area contributed by atoms with Crippen LogP contribution in [0.2, 0.25) is 0 Å². The average molecular weight is 308 g/mol. The minimum atomic E-state index is -2.00. The third-order valence-electron chi connectivity index (χ3n) is 4.22. The number of hydrogen-bond donors (Lipinski definition) is 0. The second-order valence-electron chi connectivity index (χ2n) is 4.82. The van der Waals surface area contributed by atoms with Gasteiger partial charge < -0.3 is 0 Å². The lowest BCUT2D eigenvalue weighted by atomic mass is 10.6. The van der Waals surface area contributed by atoms with Crippen molar-refractivity contribution in [3.05, 3.63) is 0 Å². The Morgan fingerprint density at radius 2 is 0.895 bits per heavy atom. The van der Waals surface area contributed by atoms with Crippen molar-refractivity contribution in [2.75, 3.05) is 39.3 Å². The summed E-state index contributed by atoms with van der Waals surface area (Å²) < 4.78 is 7.93. The van der Waals surface area contributed by atoms with Crippen LogP contribution in [0.5, 0.6) is 0 Å². The van der Waals surface area contributed by atoms with Crippen LogP contribution in [0.4, 0.5) is 0 Å². The zero-order valence-corrected chi connectivity index (χ0v) is 15.8. The monoisotopic (exact) mass is 307 g/mol. The van der Waals surface area contributed by atoms with Gasteiger partial charge in [0.2, 0.25) is 0 Å². The molecule has 0 spiro atoms. The predicted molar refractivity (Wildman–Crippen MR) is 89.8 cm³/mol. The second-order valence-corrected chi connectivity index (χ2v) is 9.98. The SMILES string of the molecule is CCN(CC)[Si](C(C)Cl)(N(CC)CC)N(CC)CC. The molecule has 0 amide bonds. The first kappa shape index (κ1) is 19.4. The molecular weight excluding hydrogens is 274 g/mol. The van der Waals surface area contributed by atoms with E-state index in [-0.39, 0.29) is 5.00 Å². The molecule has 1 unspecified atom stereocenters. The maximum Gasteiger partial charge on any atom is 0.307 e. The highest BCUT2D eigenvalue weighted by molar-refractivity contribution is 6.80. The average Bonchev–Trinajstić information content (AvgIpc) is 2.41. The van der Waals surface area contributed by atoms with Crippen LogP contribution in [-0.4, -0.2) is 66.5 Å². The van der Waals surface area contributed by atoms with Crippen molar-refractivity contribution >= 4 is 20.2 Å². The summed E-state index contributed by atoms with van der Waals surface area (Å²) in [6.07, 6.45) is 0. The Kier molecular flexibility index (Phi) is 9.54. The molecule has 3 nitrogen and oxygen atoms in total. The Morgan fingerprint density at radius 1 is 0.684 bits per heavy atom. The third kappa shape index (κ3) is 3.73. The zero-order chi connectivity index (χ0) is 15.1. The standard InChI is InChI=1S/C14H34ClN3Si/c1-8-16(9-2)19(14(7)15,17(10-3)11-4)18(12-5)13-6/h14H,8-13H2,1-7H3. The van der Waals surface area contributed by atoms with Gasteiger partial charge in [0.25, 0.3) is 0 Å². The molecule has 0 rings (SSSR count). The smallest absolute Gasteiger partial charge is 0.299 e. The largest absolute Gasteiger partial charge is 0.307 e. The van der Waals surface area contributed by atoms with Crippen LogP contribution in [0, 0.1) is 0 Å². The van der Waals surface area contributed by atoms with Crippen LogP contribution in [0.25, 0.3) is 0 Å². The lowest BCUT2D eigenvalue weighted by Crippen LogP contribution is -2.79. The second kappa shape index (κ2) is 9.35. The Labute approximate surface area is 127 Å². The summed E-state index contributed by atoms with van der Waals surface area (Å²) in [6, 6.07) is 0. The van der Waals surface area contributed by atoms with Crippen molar-refractivity contribution < 1.29 is 0 Å². The molecule has 1 atom stereocenters. The number of halogens is 1. The predicted octanol–water partition coefficient (Wildman–Crippen LogP) is 3.12. The Morgan fingerprint density at radius 3 is 1.00 bits per heavy atom. The maximum atomic E-state index is 6.79. The molecule has 0 aliphatic carbocycles. The summed E-state index contributed by atoms with van der Waals surface area (Å²) in [4.78, 5) is 0. The summed E-state index contributed by atoms with van der Waals surface area (Å²) in [5, 5.41) is 0.187. The van der Waals surface area contributed by atoms with E-state index >= 15 is 0 Å². The van der Waals surface area contributed by atoms with Crippen molar-refractivity contribution in [2.24, 2.45) is 0 Å². The van der Waals surface area contributed by atoms with Gasteiger partial charge in [-0.2, -0.15) is 0 Å². The molecule has 0 aromatic heterocycles. The molecule has 0 heterocycles. The Balaban J connectivity index is 5.84. The molecule has 19 heavy (non-hydrogen) atoms. The van der Waals surface area contributed by atoms with Gasteiger partial charge in [-0.3, -0.25) is 13.7 Å². The van der Waals surface area contributed by atoms with E-state index in [2.05, 4.69) is 62.2 Å². The fourth-order valence-corrected chi connectivity index (χ4v) is 10.2. The van der Waals surface area contributed by atoms with Gasteiger partial charge in [-0.05, 0) is 46.2 Å². The van der Waals surface area contributed by atoms with E-state index in [1.165, 1.54) is 0 Å². The first-order valence-electron chi connectivity index (χ1n) is 7.90. The zero-order valence-electron chi connectivity index (χ0n) is 14.0. The maximum absolute atomic E-state index is 6.79. The molecule has 0 aromatic carbocycles. The lowest BCUT2D eigenvalue weighted by Gasteiger charge is -2.54. The van der Waals surface area contributed by atoms with Gasteiger partial charge in [0, 0.05) is 0 Å². The minimum Gasteiger partial charge on any atom is -0.299 e. The molecule has 0 aliphatic rings. The van der Waals surface area contributed by atoms with Gasteiger partial charge in [0.15, 0.2) is 0 Å². The summed E-state index contributed by atoms with van der Waals surface area (Å²) in [5.41, 5.74) is 0. The fourth-order valence-electron chi connectivity index (χ4n) is 3.42. The fraction of sp³-hybridized carbons (Fsp3) is 1.00. The quantitative estimate of drug-likeness (QED) is 0.453. The van der Waals surface area contributed by atoms with Gasteiger partial charge in [0.05, 0.1) is 5.00 Å². The van der Waals surface area contributed by atoms with Crippen molar-refractivity contribution in [2.45, 2.75) is 53.5 Å². The highest BCUT2D eigenvalue weighted by Crippen LogP contribution is 2.27. The molecule has 5 heteroatoms. The minimum absolute atomic E-state index is 0.187. The molecule has 0 saturated heterocycles. The highest BCUT2D eigenvalue weighted by atomic mass is 35.5. The normalized spacial score (nSPS) is 14.7. The van der Waals surface area contributed by atoms with Gasteiger partial charge >= 0.3 is 8.56 Å². The van der Waals surface area contributed by atoms with E-state index in [4.69, 9.17) is 11.6 Å². The van der Waals surface area contributed by atoms with Crippen LogP contribution in [0.3, 0.4) is 0 Å². The summed E-state index contributed by atoms with van der Waals surface area (Å²) in [5.74, 6) is 0. The molecule has 0 N–H and O–H groups in total. The number of alkyl halides is 1. The van der Waals surface area contributed by atoms with E-state index in [1.54, 1.807) is 0 Å². The first-order chi connectivity index (χ1) is 9.00. The van der Waals surface area contributed by atoms with Crippen LogP contribution >= 0.6 is 11.6 Å². The Hall–Kier alpha value is 0.387. The molecule has 116 valence electrons. The summed E-state index contributed by atoms with van der Waals surface area (Å²) in [6.45, 7) is 22.2. The first-order valence-corrected chi connectivity index (χ1v) is 10.3. The van der Waals surface area contributed by atoms with Gasteiger partial charge in [0.1, 0.15) is 0 Å². The molecule has 0 fully saturated rings. The molecule has 0 aromatic rings. The van der Waals surface area contributed by atoms with Crippen molar-refractivity contribution in [1.82, 2.24) is 13.7 Å². The topological polar surface area (TPSA) is 9.72 Å². The van der Waals surface area contributed by atoms with Crippen molar-refractivity contribution in [1.29, 1.82) is 0 Å². The summed E-state index contributed by atoms with van der Waals surface area (Å²) >= 11 is 6.79. The Bertz CT molecular complexity index is 195. The van der Waals surface area contributed by atoms with E-state index in [9.17, 15) is 0 Å². The van der Waals surface area contributed by atoms with Crippen molar-refractivity contribution in [3.63, 3.8) is 0 Å². The van der Waals surface area contributed by atoms with Crippen molar-refractivity contribution in [3.8, 4) is 0 Å². The van der Waals surface area contributed by atoms with Crippen LogP contribution in [0.15, 0.2) is 0 Å². The van der Waals surface area contributed by atoms with E-state index in [1.807, 2.05) is 0 Å². The van der Waals surface area contributed by atoms with Crippen LogP contribution in [-0.2, 0) is 0 Å².